The monoisotopic (exact) mass is 217 g/mol. The fourth-order valence-electron chi connectivity index (χ4n) is 2.16. The van der Waals surface area contributed by atoms with E-state index >= 15 is 0 Å². The Morgan fingerprint density at radius 1 is 1.25 bits per heavy atom. The summed E-state index contributed by atoms with van der Waals surface area (Å²) in [5.74, 6) is 0.986. The van der Waals surface area contributed by atoms with Crippen LogP contribution >= 0.6 is 0 Å². The largest absolute Gasteiger partial charge is 0.315 e. The molecule has 1 aromatic rings. The van der Waals surface area contributed by atoms with Gasteiger partial charge in [0.25, 0.3) is 0 Å². The van der Waals surface area contributed by atoms with E-state index in [4.69, 9.17) is 0 Å². The Morgan fingerprint density at radius 2 is 1.94 bits per heavy atom. The van der Waals surface area contributed by atoms with E-state index in [1.54, 1.807) is 0 Å². The van der Waals surface area contributed by atoms with Crippen molar-refractivity contribution >= 4 is 5.78 Å². The number of carbonyl (C=O) groups is 1. The van der Waals surface area contributed by atoms with Crippen LogP contribution in [0.3, 0.4) is 0 Å². The van der Waals surface area contributed by atoms with Gasteiger partial charge in [0.05, 0.1) is 5.92 Å². The highest BCUT2D eigenvalue weighted by Crippen LogP contribution is 2.22. The normalized spacial score (nSPS) is 21.4. The quantitative estimate of drug-likeness (QED) is 0.824. The number of ketones is 1. The van der Waals surface area contributed by atoms with E-state index in [-0.39, 0.29) is 5.92 Å². The number of hydrogen-bond acceptors (Lipinski definition) is 2. The fourth-order valence-corrected chi connectivity index (χ4v) is 2.16. The summed E-state index contributed by atoms with van der Waals surface area (Å²) in [5.41, 5.74) is 2.49. The van der Waals surface area contributed by atoms with E-state index in [1.165, 1.54) is 5.56 Å². The predicted octanol–water partition coefficient (Wildman–Crippen LogP) is 2.46. The third kappa shape index (κ3) is 2.33. The summed E-state index contributed by atoms with van der Waals surface area (Å²) in [4.78, 5) is 11.8. The maximum absolute atomic E-state index is 11.8. The maximum atomic E-state index is 11.8. The van der Waals surface area contributed by atoms with Gasteiger partial charge in [-0.25, -0.2) is 0 Å². The lowest BCUT2D eigenvalue weighted by molar-refractivity contribution is -0.121. The van der Waals surface area contributed by atoms with Crippen LogP contribution in [0.4, 0.5) is 0 Å². The Bertz CT molecular complexity index is 367. The van der Waals surface area contributed by atoms with Gasteiger partial charge in [0.2, 0.25) is 0 Å². The van der Waals surface area contributed by atoms with Crippen molar-refractivity contribution < 1.29 is 4.79 Å². The van der Waals surface area contributed by atoms with Crippen LogP contribution in [-0.4, -0.2) is 18.9 Å². The molecule has 1 unspecified atom stereocenters. The minimum Gasteiger partial charge on any atom is -0.315 e. The smallest absolute Gasteiger partial charge is 0.142 e. The van der Waals surface area contributed by atoms with Crippen molar-refractivity contribution in [1.82, 2.24) is 5.32 Å². The molecule has 0 aromatic heterocycles. The first-order chi connectivity index (χ1) is 7.68. The minimum atomic E-state index is 0.0648. The summed E-state index contributed by atoms with van der Waals surface area (Å²) in [7, 11) is 0. The molecule has 1 N–H and O–H groups in total. The number of hydrogen-bond donors (Lipinski definition) is 1. The van der Waals surface area contributed by atoms with Gasteiger partial charge in [0.15, 0.2) is 0 Å². The second kappa shape index (κ2) is 4.79. The molecule has 2 rings (SSSR count). The molecule has 0 spiro atoms. The Kier molecular flexibility index (Phi) is 3.39. The van der Waals surface area contributed by atoms with Gasteiger partial charge >= 0.3 is 0 Å². The van der Waals surface area contributed by atoms with E-state index in [0.29, 0.717) is 18.1 Å². The van der Waals surface area contributed by atoms with Crippen molar-refractivity contribution in [2.45, 2.75) is 32.1 Å². The van der Waals surface area contributed by atoms with Gasteiger partial charge in [0.1, 0.15) is 5.78 Å². The van der Waals surface area contributed by atoms with Crippen LogP contribution in [0.2, 0.25) is 0 Å². The molecule has 1 aromatic carbocycles. The van der Waals surface area contributed by atoms with Gasteiger partial charge in [-0.1, -0.05) is 38.1 Å². The van der Waals surface area contributed by atoms with Crippen molar-refractivity contribution in [3.8, 4) is 0 Å². The number of rotatable bonds is 2. The van der Waals surface area contributed by atoms with Crippen LogP contribution in [-0.2, 0) is 4.79 Å². The number of piperidine rings is 1. The second-order valence-corrected chi connectivity index (χ2v) is 4.79. The Labute approximate surface area is 97.1 Å². The molecule has 0 amide bonds. The van der Waals surface area contributed by atoms with E-state index in [0.717, 1.165) is 18.7 Å². The first kappa shape index (κ1) is 11.3. The second-order valence-electron chi connectivity index (χ2n) is 4.79. The SMILES string of the molecule is CC(C)c1ccc(C2CNCCC2=O)cc1. The Morgan fingerprint density at radius 3 is 2.50 bits per heavy atom. The topological polar surface area (TPSA) is 29.1 Å². The highest BCUT2D eigenvalue weighted by Gasteiger charge is 2.23. The van der Waals surface area contributed by atoms with Crippen molar-refractivity contribution in [2.75, 3.05) is 13.1 Å². The summed E-state index contributed by atoms with van der Waals surface area (Å²) in [6.07, 6.45) is 0.663. The third-order valence-electron chi connectivity index (χ3n) is 3.29. The Balaban J connectivity index is 2.17. The summed E-state index contributed by atoms with van der Waals surface area (Å²) in [5, 5.41) is 3.28. The average molecular weight is 217 g/mol. The van der Waals surface area contributed by atoms with Gasteiger partial charge in [-0.3, -0.25) is 4.79 Å². The van der Waals surface area contributed by atoms with Crippen LogP contribution in [0.5, 0.6) is 0 Å². The third-order valence-corrected chi connectivity index (χ3v) is 3.29. The molecule has 16 heavy (non-hydrogen) atoms. The minimum absolute atomic E-state index is 0.0648. The highest BCUT2D eigenvalue weighted by molar-refractivity contribution is 5.86. The van der Waals surface area contributed by atoms with Crippen LogP contribution in [0.1, 0.15) is 43.2 Å². The molecule has 0 saturated carbocycles. The molecule has 1 aliphatic rings. The molecule has 0 radical (unpaired) electrons. The lowest BCUT2D eigenvalue weighted by Crippen LogP contribution is -2.35. The zero-order chi connectivity index (χ0) is 11.5. The molecule has 2 heteroatoms. The summed E-state index contributed by atoms with van der Waals surface area (Å²) in [6.45, 7) is 5.99. The molecular formula is C14H19NO. The van der Waals surface area contributed by atoms with E-state index in [2.05, 4.69) is 43.4 Å². The Hall–Kier alpha value is -1.15. The average Bonchev–Trinajstić information content (AvgIpc) is 2.30. The molecule has 86 valence electrons. The molecule has 1 aliphatic heterocycles. The summed E-state index contributed by atoms with van der Waals surface area (Å²) < 4.78 is 0. The molecular weight excluding hydrogens is 198 g/mol. The first-order valence-corrected chi connectivity index (χ1v) is 6.02. The molecule has 0 aliphatic carbocycles. The number of nitrogens with one attached hydrogen (secondary N) is 1. The summed E-state index contributed by atoms with van der Waals surface area (Å²) >= 11 is 0. The van der Waals surface area contributed by atoms with Crippen LogP contribution in [0, 0.1) is 0 Å². The molecule has 1 fully saturated rings. The highest BCUT2D eigenvalue weighted by atomic mass is 16.1. The van der Waals surface area contributed by atoms with Crippen molar-refractivity contribution in [2.24, 2.45) is 0 Å². The lowest BCUT2D eigenvalue weighted by atomic mass is 9.89. The van der Waals surface area contributed by atoms with Gasteiger partial charge in [0, 0.05) is 19.5 Å². The van der Waals surface area contributed by atoms with E-state index in [1.807, 2.05) is 0 Å². The van der Waals surface area contributed by atoms with Crippen LogP contribution in [0.25, 0.3) is 0 Å². The van der Waals surface area contributed by atoms with Gasteiger partial charge in [-0.15, -0.1) is 0 Å². The lowest BCUT2D eigenvalue weighted by Gasteiger charge is -2.22. The molecule has 0 bridgehead atoms. The van der Waals surface area contributed by atoms with Gasteiger partial charge in [-0.05, 0) is 17.0 Å². The molecule has 1 atom stereocenters. The van der Waals surface area contributed by atoms with Crippen molar-refractivity contribution in [3.63, 3.8) is 0 Å². The van der Waals surface area contributed by atoms with Crippen LogP contribution < -0.4 is 5.32 Å². The van der Waals surface area contributed by atoms with Crippen molar-refractivity contribution in [3.05, 3.63) is 35.4 Å². The zero-order valence-electron chi connectivity index (χ0n) is 9.99. The van der Waals surface area contributed by atoms with Gasteiger partial charge < -0.3 is 5.32 Å². The first-order valence-electron chi connectivity index (χ1n) is 6.02. The zero-order valence-corrected chi connectivity index (χ0v) is 9.99. The van der Waals surface area contributed by atoms with Crippen molar-refractivity contribution in [1.29, 1.82) is 0 Å². The number of Topliss-reactive ketones (excluding diaryl/α,β-unsaturated/α-hetero) is 1. The standard InChI is InChI=1S/C14H19NO/c1-10(2)11-3-5-12(6-4-11)13-9-15-8-7-14(13)16/h3-6,10,13,15H,7-9H2,1-2H3. The molecule has 2 nitrogen and oxygen atoms in total. The van der Waals surface area contributed by atoms with E-state index in [9.17, 15) is 4.79 Å². The maximum Gasteiger partial charge on any atom is 0.142 e. The van der Waals surface area contributed by atoms with Crippen LogP contribution in [0.15, 0.2) is 24.3 Å². The molecule has 1 saturated heterocycles. The number of benzene rings is 1. The predicted molar refractivity (Wildman–Crippen MR) is 65.8 cm³/mol. The fraction of sp³-hybridized carbons (Fsp3) is 0.500. The van der Waals surface area contributed by atoms with Gasteiger partial charge in [-0.2, -0.15) is 0 Å². The van der Waals surface area contributed by atoms with E-state index < -0.39 is 0 Å². The summed E-state index contributed by atoms with van der Waals surface area (Å²) in [6, 6.07) is 8.49. The molecule has 1 heterocycles. The number of carbonyl (C=O) groups excluding carboxylic acids is 1.